The SMILES string of the molecule is CCCCNS(=O)(=O)c1cccc(C(=O)Nc2ccc(OC)cc2[N+](=O)[O-])c1. The Morgan fingerprint density at radius 1 is 1.21 bits per heavy atom. The average Bonchev–Trinajstić information content (AvgIpc) is 2.68. The lowest BCUT2D eigenvalue weighted by Gasteiger charge is -2.10. The zero-order valence-corrected chi connectivity index (χ0v) is 16.3. The minimum atomic E-state index is -3.75. The van der Waals surface area contributed by atoms with E-state index in [0.29, 0.717) is 13.0 Å². The number of nitrogens with zero attached hydrogens (tertiary/aromatic N) is 1. The topological polar surface area (TPSA) is 128 Å². The zero-order valence-electron chi connectivity index (χ0n) is 15.5. The predicted octanol–water partition coefficient (Wildman–Crippen LogP) is 2.93. The molecule has 0 aliphatic heterocycles. The molecule has 0 heterocycles. The maximum atomic E-state index is 12.5. The molecular formula is C18H21N3O6S. The first-order valence-electron chi connectivity index (χ1n) is 8.52. The van der Waals surface area contributed by atoms with Gasteiger partial charge in [-0.05, 0) is 36.8 Å². The van der Waals surface area contributed by atoms with E-state index in [2.05, 4.69) is 10.0 Å². The van der Waals surface area contributed by atoms with Gasteiger partial charge in [0.05, 0.1) is 23.0 Å². The van der Waals surface area contributed by atoms with Crippen LogP contribution in [0.15, 0.2) is 47.4 Å². The summed E-state index contributed by atoms with van der Waals surface area (Å²) in [6, 6.07) is 9.47. The summed E-state index contributed by atoms with van der Waals surface area (Å²) in [5.74, 6) is -0.394. The van der Waals surface area contributed by atoms with Crippen LogP contribution in [0.4, 0.5) is 11.4 Å². The lowest BCUT2D eigenvalue weighted by molar-refractivity contribution is -0.384. The largest absolute Gasteiger partial charge is 0.496 e. The molecule has 2 aromatic rings. The van der Waals surface area contributed by atoms with Crippen LogP contribution in [0.1, 0.15) is 30.1 Å². The Bertz CT molecular complexity index is 975. The molecule has 28 heavy (non-hydrogen) atoms. The number of carbonyl (C=O) groups is 1. The van der Waals surface area contributed by atoms with Crippen molar-refractivity contribution in [3.05, 3.63) is 58.1 Å². The van der Waals surface area contributed by atoms with Crippen LogP contribution in [0.5, 0.6) is 5.75 Å². The molecule has 2 aromatic carbocycles. The molecule has 0 fully saturated rings. The normalized spacial score (nSPS) is 11.1. The van der Waals surface area contributed by atoms with Crippen molar-refractivity contribution >= 4 is 27.3 Å². The number of nitro benzene ring substituents is 1. The molecule has 0 unspecified atom stereocenters. The quantitative estimate of drug-likeness (QED) is 0.374. The summed E-state index contributed by atoms with van der Waals surface area (Å²) in [6.07, 6.45) is 1.53. The Morgan fingerprint density at radius 2 is 1.96 bits per heavy atom. The van der Waals surface area contributed by atoms with Crippen molar-refractivity contribution in [2.24, 2.45) is 0 Å². The van der Waals surface area contributed by atoms with Crippen LogP contribution in [0.2, 0.25) is 0 Å². The fraction of sp³-hybridized carbons (Fsp3) is 0.278. The number of anilines is 1. The lowest BCUT2D eigenvalue weighted by Crippen LogP contribution is -2.25. The molecule has 0 aromatic heterocycles. The number of hydrogen-bond donors (Lipinski definition) is 2. The number of rotatable bonds is 9. The van der Waals surface area contributed by atoms with E-state index in [1.165, 1.54) is 49.6 Å². The first-order chi connectivity index (χ1) is 13.3. The van der Waals surface area contributed by atoms with Gasteiger partial charge in [0, 0.05) is 12.1 Å². The summed E-state index contributed by atoms with van der Waals surface area (Å²) >= 11 is 0. The lowest BCUT2D eigenvalue weighted by atomic mass is 10.2. The van der Waals surface area contributed by atoms with Gasteiger partial charge in [-0.3, -0.25) is 14.9 Å². The van der Waals surface area contributed by atoms with Crippen molar-refractivity contribution < 1.29 is 22.9 Å². The second-order valence-electron chi connectivity index (χ2n) is 5.87. The van der Waals surface area contributed by atoms with Crippen LogP contribution >= 0.6 is 0 Å². The summed E-state index contributed by atoms with van der Waals surface area (Å²) in [4.78, 5) is 23.0. The highest BCUT2D eigenvalue weighted by atomic mass is 32.2. The number of amides is 1. The van der Waals surface area contributed by atoms with E-state index < -0.39 is 20.9 Å². The second-order valence-corrected chi connectivity index (χ2v) is 7.64. The molecule has 0 atom stereocenters. The van der Waals surface area contributed by atoms with Gasteiger partial charge in [-0.25, -0.2) is 13.1 Å². The third kappa shape index (κ3) is 5.27. The van der Waals surface area contributed by atoms with Crippen molar-refractivity contribution in [3.8, 4) is 5.75 Å². The molecule has 1 amide bonds. The van der Waals surface area contributed by atoms with E-state index in [1.54, 1.807) is 0 Å². The van der Waals surface area contributed by atoms with E-state index in [0.717, 1.165) is 6.42 Å². The van der Waals surface area contributed by atoms with Crippen LogP contribution in [0.25, 0.3) is 0 Å². The van der Waals surface area contributed by atoms with E-state index in [9.17, 15) is 23.3 Å². The third-order valence-corrected chi connectivity index (χ3v) is 5.34. The number of methoxy groups -OCH3 is 1. The van der Waals surface area contributed by atoms with E-state index in [4.69, 9.17) is 4.74 Å². The number of benzene rings is 2. The maximum absolute atomic E-state index is 12.5. The van der Waals surface area contributed by atoms with Crippen LogP contribution < -0.4 is 14.8 Å². The zero-order chi connectivity index (χ0) is 20.7. The smallest absolute Gasteiger partial charge is 0.296 e. The molecule has 0 saturated heterocycles. The van der Waals surface area contributed by atoms with Crippen molar-refractivity contribution in [2.75, 3.05) is 19.0 Å². The Labute approximate surface area is 162 Å². The molecule has 0 aliphatic rings. The van der Waals surface area contributed by atoms with E-state index in [1.807, 2.05) is 6.92 Å². The highest BCUT2D eigenvalue weighted by molar-refractivity contribution is 7.89. The number of nitrogens with one attached hydrogen (secondary N) is 2. The third-order valence-electron chi connectivity index (χ3n) is 3.88. The van der Waals surface area contributed by atoms with Crippen molar-refractivity contribution in [3.63, 3.8) is 0 Å². The summed E-state index contributed by atoms with van der Waals surface area (Å²) in [6.45, 7) is 2.24. The van der Waals surface area contributed by atoms with Gasteiger partial charge in [-0.2, -0.15) is 0 Å². The van der Waals surface area contributed by atoms with Crippen LogP contribution in [-0.2, 0) is 10.0 Å². The van der Waals surface area contributed by atoms with Crippen molar-refractivity contribution in [1.82, 2.24) is 4.72 Å². The number of sulfonamides is 1. The van der Waals surface area contributed by atoms with Crippen LogP contribution in [0.3, 0.4) is 0 Å². The Balaban J connectivity index is 2.25. The van der Waals surface area contributed by atoms with Gasteiger partial charge in [0.15, 0.2) is 0 Å². The summed E-state index contributed by atoms with van der Waals surface area (Å²) < 4.78 is 32.0. The number of unbranched alkanes of at least 4 members (excludes halogenated alkanes) is 1. The minimum absolute atomic E-state index is 0.0230. The molecule has 0 spiro atoms. The van der Waals surface area contributed by atoms with Gasteiger partial charge in [0.25, 0.3) is 11.6 Å². The standard InChI is InChI=1S/C18H21N3O6S/c1-3-4-10-19-28(25,26)15-7-5-6-13(11-15)18(22)20-16-9-8-14(27-2)12-17(16)21(23)24/h5-9,11-12,19H,3-4,10H2,1-2H3,(H,20,22). The molecular weight excluding hydrogens is 386 g/mol. The molecule has 0 aliphatic carbocycles. The molecule has 150 valence electrons. The summed E-state index contributed by atoms with van der Waals surface area (Å²) in [7, 11) is -2.37. The molecule has 2 N–H and O–H groups in total. The summed E-state index contributed by atoms with van der Waals surface area (Å²) in [5, 5.41) is 13.7. The number of ether oxygens (including phenoxy) is 1. The van der Waals surface area contributed by atoms with Crippen molar-refractivity contribution in [2.45, 2.75) is 24.7 Å². The number of carbonyl (C=O) groups excluding carboxylic acids is 1. The van der Waals surface area contributed by atoms with Crippen LogP contribution in [0, 0.1) is 10.1 Å². The van der Waals surface area contributed by atoms with E-state index >= 15 is 0 Å². The highest BCUT2D eigenvalue weighted by Crippen LogP contribution is 2.29. The monoisotopic (exact) mass is 407 g/mol. The van der Waals surface area contributed by atoms with Gasteiger partial charge in [-0.1, -0.05) is 19.4 Å². The Hall–Kier alpha value is -2.98. The number of hydrogen-bond acceptors (Lipinski definition) is 6. The summed E-state index contributed by atoms with van der Waals surface area (Å²) in [5.41, 5.74) is -0.300. The van der Waals surface area contributed by atoms with Crippen molar-refractivity contribution in [1.29, 1.82) is 0 Å². The first-order valence-corrected chi connectivity index (χ1v) is 10.0. The maximum Gasteiger partial charge on any atom is 0.296 e. The second kappa shape index (κ2) is 9.29. The fourth-order valence-electron chi connectivity index (χ4n) is 2.36. The van der Waals surface area contributed by atoms with Gasteiger partial charge >= 0.3 is 0 Å². The molecule has 0 bridgehead atoms. The molecule has 10 heteroatoms. The molecule has 9 nitrogen and oxygen atoms in total. The first kappa shape index (κ1) is 21.3. The fourth-order valence-corrected chi connectivity index (χ4v) is 3.48. The highest BCUT2D eigenvalue weighted by Gasteiger charge is 2.20. The Morgan fingerprint density at radius 3 is 2.61 bits per heavy atom. The molecule has 0 radical (unpaired) electrons. The van der Waals surface area contributed by atoms with Crippen LogP contribution in [-0.4, -0.2) is 32.9 Å². The van der Waals surface area contributed by atoms with E-state index in [-0.39, 0.29) is 27.6 Å². The van der Waals surface area contributed by atoms with Gasteiger partial charge in [0.2, 0.25) is 10.0 Å². The Kier molecular flexibility index (Phi) is 7.07. The average molecular weight is 407 g/mol. The van der Waals surface area contributed by atoms with Gasteiger partial charge in [-0.15, -0.1) is 0 Å². The van der Waals surface area contributed by atoms with Gasteiger partial charge < -0.3 is 10.1 Å². The number of nitro groups is 1. The predicted molar refractivity (Wildman–Crippen MR) is 104 cm³/mol. The van der Waals surface area contributed by atoms with Gasteiger partial charge in [0.1, 0.15) is 11.4 Å². The molecule has 0 saturated carbocycles. The molecule has 2 rings (SSSR count). The minimum Gasteiger partial charge on any atom is -0.496 e.